The lowest BCUT2D eigenvalue weighted by molar-refractivity contribution is -0.137. The smallest absolute Gasteiger partial charge is 0.416 e. The molecule has 0 radical (unpaired) electrons. The van der Waals surface area contributed by atoms with E-state index in [0.29, 0.717) is 18.9 Å². The summed E-state index contributed by atoms with van der Waals surface area (Å²) in [6.45, 7) is 0. The van der Waals surface area contributed by atoms with Crippen molar-refractivity contribution in [3.05, 3.63) is 29.3 Å². The Hall–Kier alpha value is -2.05. The molecule has 0 bridgehead atoms. The van der Waals surface area contributed by atoms with E-state index >= 15 is 0 Å². The molecule has 1 aromatic carbocycles. The number of alkyl halides is 3. The Kier molecular flexibility index (Phi) is 3.21. The highest BCUT2D eigenvalue weighted by atomic mass is 19.4. The van der Waals surface area contributed by atoms with E-state index in [4.69, 9.17) is 5.11 Å². The maximum Gasteiger partial charge on any atom is 0.416 e. The number of carbonyl (C=O) groups excluding carboxylic acids is 1. The first kappa shape index (κ1) is 13.4. The maximum absolute atomic E-state index is 12.6. The lowest BCUT2D eigenvalue weighted by Gasteiger charge is -2.11. The number of benzene rings is 1. The molecule has 1 aliphatic rings. The van der Waals surface area contributed by atoms with E-state index in [1.165, 1.54) is 0 Å². The van der Waals surface area contributed by atoms with Crippen molar-refractivity contribution in [2.45, 2.75) is 19.0 Å². The van der Waals surface area contributed by atoms with Gasteiger partial charge < -0.3 is 10.4 Å². The molecule has 7 heteroatoms. The number of nitrogens with one attached hydrogen (secondary N) is 1. The molecule has 1 aromatic rings. The minimum Gasteiger partial charge on any atom is -0.478 e. The Labute approximate surface area is 106 Å². The summed E-state index contributed by atoms with van der Waals surface area (Å²) in [6, 6.07) is 2.28. The van der Waals surface area contributed by atoms with Gasteiger partial charge in [-0.3, -0.25) is 4.79 Å². The Morgan fingerprint density at radius 2 is 1.84 bits per heavy atom. The third-order valence-corrected chi connectivity index (χ3v) is 2.72. The molecular weight excluding hydrogens is 263 g/mol. The third-order valence-electron chi connectivity index (χ3n) is 2.72. The molecule has 0 unspecified atom stereocenters. The first-order valence-corrected chi connectivity index (χ1v) is 5.54. The summed E-state index contributed by atoms with van der Waals surface area (Å²) >= 11 is 0. The number of carboxylic acid groups (broad SMARTS) is 1. The van der Waals surface area contributed by atoms with E-state index < -0.39 is 23.3 Å². The molecule has 2 rings (SSSR count). The minimum atomic E-state index is -4.66. The molecule has 0 saturated heterocycles. The lowest BCUT2D eigenvalue weighted by atomic mass is 10.1. The largest absolute Gasteiger partial charge is 0.478 e. The highest BCUT2D eigenvalue weighted by Gasteiger charge is 2.33. The van der Waals surface area contributed by atoms with Gasteiger partial charge in [-0.15, -0.1) is 0 Å². The molecule has 19 heavy (non-hydrogen) atoms. The standard InChI is InChI=1S/C12H10F3NO3/c13-12(14,15)8-3-7(11(18)19)4-9(5-8)16-10(17)6-1-2-6/h3-6H,1-2H2,(H,16,17)(H,18,19). The summed E-state index contributed by atoms with van der Waals surface area (Å²) < 4.78 is 37.8. The van der Waals surface area contributed by atoms with Crippen molar-refractivity contribution in [1.82, 2.24) is 0 Å². The minimum absolute atomic E-state index is 0.149. The topological polar surface area (TPSA) is 66.4 Å². The fourth-order valence-corrected chi connectivity index (χ4v) is 1.58. The number of hydrogen-bond donors (Lipinski definition) is 2. The molecular formula is C12H10F3NO3. The second kappa shape index (κ2) is 4.56. The number of carboxylic acids is 1. The van der Waals surface area contributed by atoms with Crippen LogP contribution in [0, 0.1) is 5.92 Å². The van der Waals surface area contributed by atoms with Crippen molar-refractivity contribution in [1.29, 1.82) is 0 Å². The Balaban J connectivity index is 2.33. The number of halogens is 3. The number of rotatable bonds is 3. The molecule has 4 nitrogen and oxygen atoms in total. The molecule has 2 N–H and O–H groups in total. The quantitative estimate of drug-likeness (QED) is 0.889. The van der Waals surface area contributed by atoms with Crippen LogP contribution in [0.25, 0.3) is 0 Å². The molecule has 1 saturated carbocycles. The molecule has 1 aliphatic carbocycles. The number of aromatic carboxylic acids is 1. The van der Waals surface area contributed by atoms with Gasteiger partial charge in [0, 0.05) is 11.6 Å². The van der Waals surface area contributed by atoms with Crippen LogP contribution in [0.4, 0.5) is 18.9 Å². The molecule has 0 heterocycles. The predicted octanol–water partition coefficient (Wildman–Crippen LogP) is 2.75. The fraction of sp³-hybridized carbons (Fsp3) is 0.333. The van der Waals surface area contributed by atoms with Gasteiger partial charge in [0.15, 0.2) is 0 Å². The van der Waals surface area contributed by atoms with Gasteiger partial charge in [0.1, 0.15) is 0 Å². The molecule has 0 aromatic heterocycles. The van der Waals surface area contributed by atoms with Crippen LogP contribution < -0.4 is 5.32 Å². The number of carbonyl (C=O) groups is 2. The van der Waals surface area contributed by atoms with Gasteiger partial charge in [0.05, 0.1) is 11.1 Å². The van der Waals surface area contributed by atoms with Crippen LogP contribution in [-0.2, 0) is 11.0 Å². The van der Waals surface area contributed by atoms with Crippen molar-refractivity contribution in [3.63, 3.8) is 0 Å². The first-order valence-electron chi connectivity index (χ1n) is 5.54. The van der Waals surface area contributed by atoms with E-state index in [9.17, 15) is 22.8 Å². The third kappa shape index (κ3) is 3.24. The Morgan fingerprint density at radius 3 is 2.32 bits per heavy atom. The zero-order valence-electron chi connectivity index (χ0n) is 9.62. The summed E-state index contributed by atoms with van der Waals surface area (Å²) in [5.74, 6) is -2.04. The van der Waals surface area contributed by atoms with Crippen molar-refractivity contribution in [2.75, 3.05) is 5.32 Å². The summed E-state index contributed by atoms with van der Waals surface area (Å²) in [7, 11) is 0. The number of anilines is 1. The molecule has 0 spiro atoms. The van der Waals surface area contributed by atoms with Crippen LogP contribution in [0.15, 0.2) is 18.2 Å². The van der Waals surface area contributed by atoms with Gasteiger partial charge in [0.2, 0.25) is 5.91 Å². The molecule has 1 amide bonds. The van der Waals surface area contributed by atoms with Crippen molar-refractivity contribution < 1.29 is 27.9 Å². The highest BCUT2D eigenvalue weighted by Crippen LogP contribution is 2.34. The zero-order valence-corrected chi connectivity index (χ0v) is 9.62. The molecule has 102 valence electrons. The second-order valence-electron chi connectivity index (χ2n) is 4.37. The van der Waals surface area contributed by atoms with E-state index in [-0.39, 0.29) is 17.5 Å². The number of hydrogen-bond acceptors (Lipinski definition) is 2. The average Bonchev–Trinajstić information content (AvgIpc) is 3.10. The second-order valence-corrected chi connectivity index (χ2v) is 4.37. The monoisotopic (exact) mass is 273 g/mol. The highest BCUT2D eigenvalue weighted by molar-refractivity contribution is 5.96. The van der Waals surface area contributed by atoms with Crippen LogP contribution in [0.3, 0.4) is 0 Å². The summed E-state index contributed by atoms with van der Waals surface area (Å²) in [6.07, 6.45) is -3.25. The van der Waals surface area contributed by atoms with Gasteiger partial charge in [-0.05, 0) is 31.0 Å². The van der Waals surface area contributed by atoms with Gasteiger partial charge in [-0.25, -0.2) is 4.79 Å². The molecule has 1 fully saturated rings. The molecule has 0 aliphatic heterocycles. The zero-order chi connectivity index (χ0) is 14.2. The van der Waals surface area contributed by atoms with E-state index in [1.807, 2.05) is 0 Å². The summed E-state index contributed by atoms with van der Waals surface area (Å²) in [5.41, 5.74) is -1.76. The van der Waals surface area contributed by atoms with E-state index in [1.54, 1.807) is 0 Å². The van der Waals surface area contributed by atoms with Crippen molar-refractivity contribution >= 4 is 17.6 Å². The van der Waals surface area contributed by atoms with Gasteiger partial charge >= 0.3 is 12.1 Å². The summed E-state index contributed by atoms with van der Waals surface area (Å²) in [4.78, 5) is 22.3. The lowest BCUT2D eigenvalue weighted by Crippen LogP contribution is -2.15. The summed E-state index contributed by atoms with van der Waals surface area (Å²) in [5, 5.41) is 11.1. The van der Waals surface area contributed by atoms with Crippen LogP contribution in [0.1, 0.15) is 28.8 Å². The van der Waals surface area contributed by atoms with Crippen LogP contribution >= 0.6 is 0 Å². The maximum atomic E-state index is 12.6. The molecule has 0 atom stereocenters. The van der Waals surface area contributed by atoms with Gasteiger partial charge in [0.25, 0.3) is 0 Å². The van der Waals surface area contributed by atoms with Gasteiger partial charge in [-0.2, -0.15) is 13.2 Å². The van der Waals surface area contributed by atoms with Crippen LogP contribution in [0.2, 0.25) is 0 Å². The van der Waals surface area contributed by atoms with Crippen LogP contribution in [0.5, 0.6) is 0 Å². The first-order chi connectivity index (χ1) is 8.77. The van der Waals surface area contributed by atoms with Crippen molar-refractivity contribution in [2.24, 2.45) is 5.92 Å². The predicted molar refractivity (Wildman–Crippen MR) is 59.8 cm³/mol. The normalized spacial score (nSPS) is 15.1. The van der Waals surface area contributed by atoms with E-state index in [2.05, 4.69) is 5.32 Å². The van der Waals surface area contributed by atoms with Gasteiger partial charge in [-0.1, -0.05) is 0 Å². The number of amides is 1. The van der Waals surface area contributed by atoms with Crippen molar-refractivity contribution in [3.8, 4) is 0 Å². The average molecular weight is 273 g/mol. The SMILES string of the molecule is O=C(O)c1cc(NC(=O)C2CC2)cc(C(F)(F)F)c1. The van der Waals surface area contributed by atoms with E-state index in [0.717, 1.165) is 12.1 Å². The van der Waals surface area contributed by atoms with Crippen LogP contribution in [-0.4, -0.2) is 17.0 Å². The Bertz CT molecular complexity index is 536. The fourth-order valence-electron chi connectivity index (χ4n) is 1.58. The Morgan fingerprint density at radius 1 is 1.21 bits per heavy atom.